The highest BCUT2D eigenvalue weighted by Gasteiger charge is 2.31. The lowest BCUT2D eigenvalue weighted by Crippen LogP contribution is -2.26. The van der Waals surface area contributed by atoms with Crippen LogP contribution in [0.15, 0.2) is 54.6 Å². The molecule has 2 aromatic heterocycles. The van der Waals surface area contributed by atoms with Crippen LogP contribution in [0, 0.1) is 5.92 Å². The predicted octanol–water partition coefficient (Wildman–Crippen LogP) is 4.55. The molecule has 0 fully saturated rings. The first kappa shape index (κ1) is 18.7. The molecule has 6 nitrogen and oxygen atoms in total. The van der Waals surface area contributed by atoms with Crippen molar-refractivity contribution in [1.82, 2.24) is 25.0 Å². The molecule has 0 N–H and O–H groups in total. The van der Waals surface area contributed by atoms with Gasteiger partial charge >= 0.3 is 0 Å². The number of rotatable bonds is 5. The van der Waals surface area contributed by atoms with Crippen molar-refractivity contribution in [3.8, 4) is 0 Å². The van der Waals surface area contributed by atoms with Gasteiger partial charge in [-0.15, -0.1) is 5.10 Å². The molecule has 0 aliphatic carbocycles. The van der Waals surface area contributed by atoms with Crippen LogP contribution in [-0.4, -0.2) is 31.0 Å². The molecule has 152 valence electrons. The standard InChI is InChI=1S/C24H26N6/c1-16(2)13-21-25-23-22(27-28-29(23)15-18-9-5-4-6-10-18)24(26-21)30-17(3)14-19-11-7-8-12-20(19)30/h4-12,16-17H,13-15H2,1-3H3. The molecular weight excluding hydrogens is 372 g/mol. The van der Waals surface area contributed by atoms with Crippen molar-refractivity contribution in [2.75, 3.05) is 4.90 Å². The largest absolute Gasteiger partial charge is 0.321 e. The third kappa shape index (κ3) is 3.32. The molecule has 5 rings (SSSR count). The van der Waals surface area contributed by atoms with Crippen LogP contribution < -0.4 is 4.90 Å². The molecule has 0 radical (unpaired) electrons. The van der Waals surface area contributed by atoms with E-state index in [1.165, 1.54) is 16.8 Å². The quantitative estimate of drug-likeness (QED) is 0.494. The Balaban J connectivity index is 1.66. The minimum atomic E-state index is 0.312. The first-order valence-electron chi connectivity index (χ1n) is 10.6. The number of para-hydroxylation sites is 1. The summed E-state index contributed by atoms with van der Waals surface area (Å²) in [6, 6.07) is 19.2. The van der Waals surface area contributed by atoms with Gasteiger partial charge in [0.15, 0.2) is 17.0 Å². The van der Waals surface area contributed by atoms with Gasteiger partial charge in [-0.1, -0.05) is 67.6 Å². The number of fused-ring (bicyclic) bond motifs is 2. The number of aromatic nitrogens is 5. The molecule has 4 aromatic rings. The van der Waals surface area contributed by atoms with Crippen molar-refractivity contribution in [2.45, 2.75) is 46.2 Å². The Morgan fingerprint density at radius 1 is 1.00 bits per heavy atom. The van der Waals surface area contributed by atoms with Crippen LogP contribution in [0.5, 0.6) is 0 Å². The maximum absolute atomic E-state index is 4.99. The van der Waals surface area contributed by atoms with Gasteiger partial charge in [0.1, 0.15) is 5.82 Å². The number of anilines is 2. The average Bonchev–Trinajstić information content (AvgIpc) is 3.28. The van der Waals surface area contributed by atoms with Crippen LogP contribution in [0.3, 0.4) is 0 Å². The highest BCUT2D eigenvalue weighted by molar-refractivity contribution is 5.87. The molecule has 0 amide bonds. The maximum atomic E-state index is 4.99. The summed E-state index contributed by atoms with van der Waals surface area (Å²) in [6.45, 7) is 7.27. The van der Waals surface area contributed by atoms with E-state index in [0.29, 0.717) is 18.5 Å². The van der Waals surface area contributed by atoms with Crippen LogP contribution >= 0.6 is 0 Å². The molecule has 30 heavy (non-hydrogen) atoms. The molecule has 2 aromatic carbocycles. The smallest absolute Gasteiger partial charge is 0.184 e. The van der Waals surface area contributed by atoms with E-state index < -0.39 is 0 Å². The summed E-state index contributed by atoms with van der Waals surface area (Å²) in [6.07, 6.45) is 1.82. The van der Waals surface area contributed by atoms with Crippen molar-refractivity contribution >= 4 is 22.7 Å². The van der Waals surface area contributed by atoms with Crippen LogP contribution in [0.25, 0.3) is 11.2 Å². The van der Waals surface area contributed by atoms with Gasteiger partial charge in [0.25, 0.3) is 0 Å². The van der Waals surface area contributed by atoms with Crippen LogP contribution in [0.1, 0.15) is 37.7 Å². The summed E-state index contributed by atoms with van der Waals surface area (Å²) >= 11 is 0. The van der Waals surface area contributed by atoms with Crippen LogP contribution in [0.4, 0.5) is 11.5 Å². The fourth-order valence-electron chi connectivity index (χ4n) is 4.26. The van der Waals surface area contributed by atoms with Crippen LogP contribution in [-0.2, 0) is 19.4 Å². The van der Waals surface area contributed by atoms with Crippen molar-refractivity contribution < 1.29 is 0 Å². The van der Waals surface area contributed by atoms with Gasteiger partial charge in [0.2, 0.25) is 0 Å². The lowest BCUT2D eigenvalue weighted by Gasteiger charge is -2.24. The van der Waals surface area contributed by atoms with E-state index in [2.05, 4.69) is 72.4 Å². The molecule has 1 aliphatic rings. The lowest BCUT2D eigenvalue weighted by atomic mass is 10.1. The second kappa shape index (κ2) is 7.52. The lowest BCUT2D eigenvalue weighted by molar-refractivity contribution is 0.616. The minimum absolute atomic E-state index is 0.312. The number of benzene rings is 2. The third-order valence-corrected chi connectivity index (χ3v) is 5.59. The number of hydrogen-bond acceptors (Lipinski definition) is 5. The molecule has 0 saturated heterocycles. The van der Waals surface area contributed by atoms with E-state index in [0.717, 1.165) is 35.6 Å². The molecule has 3 heterocycles. The highest BCUT2D eigenvalue weighted by Crippen LogP contribution is 2.39. The van der Waals surface area contributed by atoms with Crippen molar-refractivity contribution in [3.05, 3.63) is 71.5 Å². The molecule has 0 bridgehead atoms. The van der Waals surface area contributed by atoms with Gasteiger partial charge in [0.05, 0.1) is 6.54 Å². The van der Waals surface area contributed by atoms with E-state index >= 15 is 0 Å². The normalized spacial score (nSPS) is 15.9. The Kier molecular flexibility index (Phi) is 4.69. The fraction of sp³-hybridized carbons (Fsp3) is 0.333. The molecule has 0 saturated carbocycles. The third-order valence-electron chi connectivity index (χ3n) is 5.59. The van der Waals surface area contributed by atoms with Gasteiger partial charge in [0, 0.05) is 18.2 Å². The maximum Gasteiger partial charge on any atom is 0.184 e. The van der Waals surface area contributed by atoms with Gasteiger partial charge < -0.3 is 4.90 Å². The summed E-state index contributed by atoms with van der Waals surface area (Å²) in [7, 11) is 0. The molecule has 1 atom stereocenters. The predicted molar refractivity (Wildman–Crippen MR) is 119 cm³/mol. The Hall–Kier alpha value is -3.28. The van der Waals surface area contributed by atoms with Gasteiger partial charge in [-0.2, -0.15) is 0 Å². The Bertz CT molecular complexity index is 1180. The van der Waals surface area contributed by atoms with Crippen molar-refractivity contribution in [2.24, 2.45) is 5.92 Å². The fourth-order valence-corrected chi connectivity index (χ4v) is 4.26. The van der Waals surface area contributed by atoms with E-state index in [9.17, 15) is 0 Å². The summed E-state index contributed by atoms with van der Waals surface area (Å²) < 4.78 is 1.90. The molecule has 0 spiro atoms. The zero-order chi connectivity index (χ0) is 20.7. The van der Waals surface area contributed by atoms with Crippen molar-refractivity contribution in [1.29, 1.82) is 0 Å². The molecule has 6 heteroatoms. The SMILES string of the molecule is CC(C)Cc1nc(N2c3ccccc3CC2C)c2nnn(Cc3ccccc3)c2n1. The first-order chi connectivity index (χ1) is 14.6. The molecule has 1 aliphatic heterocycles. The highest BCUT2D eigenvalue weighted by atomic mass is 15.5. The first-order valence-corrected chi connectivity index (χ1v) is 10.6. The van der Waals surface area contributed by atoms with Crippen LogP contribution in [0.2, 0.25) is 0 Å². The van der Waals surface area contributed by atoms with E-state index in [4.69, 9.17) is 9.97 Å². The number of nitrogens with zero attached hydrogens (tertiary/aromatic N) is 6. The number of hydrogen-bond donors (Lipinski definition) is 0. The van der Waals surface area contributed by atoms with E-state index in [1.807, 2.05) is 22.9 Å². The molecular formula is C24H26N6. The monoisotopic (exact) mass is 398 g/mol. The van der Waals surface area contributed by atoms with Gasteiger partial charge in [-0.05, 0) is 36.5 Å². The zero-order valence-corrected chi connectivity index (χ0v) is 17.7. The Labute approximate surface area is 176 Å². The summed E-state index contributed by atoms with van der Waals surface area (Å²) in [5.41, 5.74) is 5.30. The summed E-state index contributed by atoms with van der Waals surface area (Å²) in [5.74, 6) is 2.19. The second-order valence-corrected chi connectivity index (χ2v) is 8.52. The Morgan fingerprint density at radius 3 is 2.57 bits per heavy atom. The molecule has 1 unspecified atom stereocenters. The Morgan fingerprint density at radius 2 is 1.77 bits per heavy atom. The average molecular weight is 399 g/mol. The second-order valence-electron chi connectivity index (χ2n) is 8.52. The van der Waals surface area contributed by atoms with E-state index in [1.54, 1.807) is 0 Å². The summed E-state index contributed by atoms with van der Waals surface area (Å²) in [4.78, 5) is 12.2. The minimum Gasteiger partial charge on any atom is -0.321 e. The van der Waals surface area contributed by atoms with E-state index in [-0.39, 0.29) is 0 Å². The summed E-state index contributed by atoms with van der Waals surface area (Å²) in [5, 5.41) is 8.99. The van der Waals surface area contributed by atoms with Gasteiger partial charge in [-0.25, -0.2) is 14.6 Å². The topological polar surface area (TPSA) is 59.7 Å². The zero-order valence-electron chi connectivity index (χ0n) is 17.7. The van der Waals surface area contributed by atoms with Gasteiger partial charge in [-0.3, -0.25) is 0 Å². The van der Waals surface area contributed by atoms with Crippen molar-refractivity contribution in [3.63, 3.8) is 0 Å².